The molecule has 0 atom stereocenters. The van der Waals surface area contributed by atoms with E-state index >= 15 is 0 Å². The largest absolute Gasteiger partial charge is 0.456 e. The summed E-state index contributed by atoms with van der Waals surface area (Å²) in [6.45, 7) is 0. The smallest absolute Gasteiger partial charge is 0.166 e. The highest BCUT2D eigenvalue weighted by Gasteiger charge is 2.23. The molecule has 7 aromatic carbocycles. The highest BCUT2D eigenvalue weighted by Crippen LogP contribution is 2.47. The third-order valence-corrected chi connectivity index (χ3v) is 10.5. The van der Waals surface area contributed by atoms with Gasteiger partial charge in [-0.25, -0.2) is 15.0 Å². The van der Waals surface area contributed by atoms with Gasteiger partial charge in [-0.2, -0.15) is 0 Å². The number of furan rings is 1. The number of anilines is 3. The molecule has 0 aliphatic heterocycles. The van der Waals surface area contributed by atoms with Crippen LogP contribution in [-0.2, 0) is 0 Å². The van der Waals surface area contributed by atoms with Crippen molar-refractivity contribution in [1.29, 1.82) is 0 Å². The highest BCUT2D eigenvalue weighted by atomic mass is 32.1. The van der Waals surface area contributed by atoms with Gasteiger partial charge in [-0.3, -0.25) is 0 Å². The van der Waals surface area contributed by atoms with Crippen molar-refractivity contribution in [2.75, 3.05) is 4.90 Å². The Hall–Kier alpha value is -6.63. The number of fused-ring (bicyclic) bond motifs is 6. The molecule has 0 saturated carbocycles. The number of rotatable bonds is 6. The Balaban J connectivity index is 1.24. The third kappa shape index (κ3) is 4.96. The Bertz CT molecular complexity index is 2880. The molecule has 6 heteroatoms. The predicted molar refractivity (Wildman–Crippen MR) is 211 cm³/mol. The normalized spacial score (nSPS) is 11.5. The van der Waals surface area contributed by atoms with E-state index in [1.807, 2.05) is 72.0 Å². The van der Waals surface area contributed by atoms with Crippen LogP contribution in [0.1, 0.15) is 0 Å². The molecule has 51 heavy (non-hydrogen) atoms. The van der Waals surface area contributed by atoms with E-state index in [-0.39, 0.29) is 0 Å². The fourth-order valence-corrected chi connectivity index (χ4v) is 8.25. The molecule has 240 valence electrons. The van der Waals surface area contributed by atoms with Crippen LogP contribution < -0.4 is 4.90 Å². The van der Waals surface area contributed by atoms with E-state index in [9.17, 15) is 0 Å². The number of hydrogen-bond acceptors (Lipinski definition) is 6. The maximum absolute atomic E-state index is 6.27. The van der Waals surface area contributed by atoms with Gasteiger partial charge in [0.1, 0.15) is 11.2 Å². The SMILES string of the molecule is c1ccc(-c2nc(-c3ccccc3N(c3ccccc3)c3cccc4c3sc3ccccc34)nc(-c3cccc4oc5ccccc5c34)n2)cc1. The molecule has 0 radical (unpaired) electrons. The molecule has 0 fully saturated rings. The van der Waals surface area contributed by atoms with Gasteiger partial charge in [0, 0.05) is 48.6 Å². The molecule has 0 aliphatic carbocycles. The molecule has 10 aromatic rings. The van der Waals surface area contributed by atoms with Crippen molar-refractivity contribution in [3.63, 3.8) is 0 Å². The van der Waals surface area contributed by atoms with Crippen molar-refractivity contribution < 1.29 is 4.42 Å². The van der Waals surface area contributed by atoms with E-state index in [2.05, 4.69) is 114 Å². The molecule has 3 aromatic heterocycles. The maximum Gasteiger partial charge on any atom is 0.166 e. The zero-order chi connectivity index (χ0) is 33.7. The molecule has 0 N–H and O–H groups in total. The van der Waals surface area contributed by atoms with E-state index in [0.717, 1.165) is 55.7 Å². The first kappa shape index (κ1) is 29.3. The summed E-state index contributed by atoms with van der Waals surface area (Å²) in [5, 5.41) is 4.51. The Morgan fingerprint density at radius 2 is 1.02 bits per heavy atom. The van der Waals surface area contributed by atoms with Gasteiger partial charge in [0.25, 0.3) is 0 Å². The number of aromatic nitrogens is 3. The van der Waals surface area contributed by atoms with Crippen molar-refractivity contribution in [1.82, 2.24) is 15.0 Å². The quantitative estimate of drug-likeness (QED) is 0.176. The summed E-state index contributed by atoms with van der Waals surface area (Å²) in [6, 6.07) is 58.5. The average molecular weight is 673 g/mol. The summed E-state index contributed by atoms with van der Waals surface area (Å²) in [4.78, 5) is 17.9. The van der Waals surface area contributed by atoms with Gasteiger partial charge >= 0.3 is 0 Å². The summed E-state index contributed by atoms with van der Waals surface area (Å²) < 4.78 is 8.75. The second-order valence-electron chi connectivity index (χ2n) is 12.4. The highest BCUT2D eigenvalue weighted by molar-refractivity contribution is 7.26. The van der Waals surface area contributed by atoms with Gasteiger partial charge in [0.05, 0.1) is 16.1 Å². The number of para-hydroxylation sites is 3. The average Bonchev–Trinajstić information content (AvgIpc) is 3.78. The molecular weight excluding hydrogens is 645 g/mol. The lowest BCUT2D eigenvalue weighted by Gasteiger charge is -2.28. The second kappa shape index (κ2) is 12.1. The molecule has 0 aliphatic rings. The van der Waals surface area contributed by atoms with Gasteiger partial charge in [0.15, 0.2) is 17.5 Å². The first-order valence-electron chi connectivity index (χ1n) is 16.9. The Morgan fingerprint density at radius 3 is 1.88 bits per heavy atom. The van der Waals surface area contributed by atoms with Gasteiger partial charge < -0.3 is 9.32 Å². The van der Waals surface area contributed by atoms with E-state index < -0.39 is 0 Å². The van der Waals surface area contributed by atoms with Crippen LogP contribution in [0.4, 0.5) is 17.1 Å². The molecule has 0 spiro atoms. The minimum Gasteiger partial charge on any atom is -0.456 e. The summed E-state index contributed by atoms with van der Waals surface area (Å²) >= 11 is 1.82. The van der Waals surface area contributed by atoms with Crippen molar-refractivity contribution in [3.8, 4) is 34.2 Å². The van der Waals surface area contributed by atoms with Crippen LogP contribution in [0.3, 0.4) is 0 Å². The Labute approximate surface area is 297 Å². The monoisotopic (exact) mass is 672 g/mol. The van der Waals surface area contributed by atoms with Crippen molar-refractivity contribution >= 4 is 70.5 Å². The predicted octanol–water partition coefficient (Wildman–Crippen LogP) is 12.6. The van der Waals surface area contributed by atoms with Crippen molar-refractivity contribution in [2.45, 2.75) is 0 Å². The third-order valence-electron chi connectivity index (χ3n) is 9.34. The Morgan fingerprint density at radius 1 is 0.431 bits per heavy atom. The van der Waals surface area contributed by atoms with Crippen LogP contribution >= 0.6 is 11.3 Å². The molecule has 3 heterocycles. The fraction of sp³-hybridized carbons (Fsp3) is 0. The number of nitrogens with zero attached hydrogens (tertiary/aromatic N) is 4. The van der Waals surface area contributed by atoms with E-state index in [4.69, 9.17) is 19.4 Å². The first-order chi connectivity index (χ1) is 25.3. The minimum atomic E-state index is 0.587. The van der Waals surface area contributed by atoms with Crippen LogP contribution in [0.2, 0.25) is 0 Å². The first-order valence-corrected chi connectivity index (χ1v) is 17.7. The van der Waals surface area contributed by atoms with Crippen LogP contribution in [0.5, 0.6) is 0 Å². The van der Waals surface area contributed by atoms with Gasteiger partial charge in [-0.15, -0.1) is 11.3 Å². The summed E-state index contributed by atoms with van der Waals surface area (Å²) in [6.07, 6.45) is 0. The zero-order valence-electron chi connectivity index (χ0n) is 27.3. The summed E-state index contributed by atoms with van der Waals surface area (Å²) in [5.74, 6) is 1.78. The number of thiophene rings is 1. The topological polar surface area (TPSA) is 55.1 Å². The van der Waals surface area contributed by atoms with Crippen LogP contribution in [0, 0.1) is 0 Å². The van der Waals surface area contributed by atoms with Crippen molar-refractivity contribution in [2.24, 2.45) is 0 Å². The lowest BCUT2D eigenvalue weighted by atomic mass is 10.0. The van der Waals surface area contributed by atoms with E-state index in [0.29, 0.717) is 17.5 Å². The van der Waals surface area contributed by atoms with Crippen LogP contribution in [-0.4, -0.2) is 15.0 Å². The summed E-state index contributed by atoms with van der Waals surface area (Å²) in [5.41, 5.74) is 7.44. The number of benzene rings is 7. The van der Waals surface area contributed by atoms with Gasteiger partial charge in [-0.1, -0.05) is 121 Å². The lowest BCUT2D eigenvalue weighted by molar-refractivity contribution is 0.669. The van der Waals surface area contributed by atoms with Crippen molar-refractivity contribution in [3.05, 3.63) is 170 Å². The minimum absolute atomic E-state index is 0.587. The molecular formula is C45H28N4OS. The molecule has 0 bridgehead atoms. The second-order valence-corrected chi connectivity index (χ2v) is 13.4. The number of hydrogen-bond donors (Lipinski definition) is 0. The van der Waals surface area contributed by atoms with Gasteiger partial charge in [0.2, 0.25) is 0 Å². The molecule has 0 saturated heterocycles. The summed E-state index contributed by atoms with van der Waals surface area (Å²) in [7, 11) is 0. The molecule has 10 rings (SSSR count). The van der Waals surface area contributed by atoms with E-state index in [1.54, 1.807) is 0 Å². The molecule has 0 unspecified atom stereocenters. The standard InChI is InChI=1S/C45H28N4OS/c1-3-15-29(16-4-1)43-46-44(48-45(47-43)35-23-14-27-39-41(35)34-21-8-11-26-38(34)50-39)33-20-7-10-24-36(33)49(30-17-5-2-6-18-30)37-25-13-22-32-31-19-9-12-28-40(31)51-42(32)37/h1-28H. The van der Waals surface area contributed by atoms with Crippen LogP contribution in [0.15, 0.2) is 174 Å². The van der Waals surface area contributed by atoms with Crippen LogP contribution in [0.25, 0.3) is 76.3 Å². The van der Waals surface area contributed by atoms with Gasteiger partial charge in [-0.05, 0) is 48.5 Å². The lowest BCUT2D eigenvalue weighted by Crippen LogP contribution is -2.12. The fourth-order valence-electron chi connectivity index (χ4n) is 7.05. The zero-order valence-corrected chi connectivity index (χ0v) is 28.1. The molecule has 0 amide bonds. The molecule has 5 nitrogen and oxygen atoms in total. The maximum atomic E-state index is 6.27. The Kier molecular flexibility index (Phi) is 6.93. The van der Waals surface area contributed by atoms with E-state index in [1.165, 1.54) is 20.2 Å².